The quantitative estimate of drug-likeness (QED) is 0.0363. The lowest BCUT2D eigenvalue weighted by atomic mass is 10.0. The van der Waals surface area contributed by atoms with E-state index in [4.69, 9.17) is 0 Å². The van der Waals surface area contributed by atoms with Crippen LogP contribution in [0.3, 0.4) is 0 Å². The average molecular weight is 830 g/mol. The number of aliphatic hydroxyl groups excluding tert-OH is 3. The summed E-state index contributed by atoms with van der Waals surface area (Å²) in [5.74, 6) is -0.511. The lowest BCUT2D eigenvalue weighted by Gasteiger charge is -2.21. The molecule has 0 saturated heterocycles. The van der Waals surface area contributed by atoms with Gasteiger partial charge in [0.2, 0.25) is 5.91 Å². The number of aliphatic hydroxyl groups is 3. The minimum Gasteiger partial charge on any atom is -0.394 e. The zero-order valence-corrected chi connectivity index (χ0v) is 39.6. The van der Waals surface area contributed by atoms with E-state index in [9.17, 15) is 20.1 Å². The van der Waals surface area contributed by atoms with E-state index >= 15 is 0 Å². The van der Waals surface area contributed by atoms with E-state index in [1.807, 2.05) is 6.08 Å². The lowest BCUT2D eigenvalue weighted by Crippen LogP contribution is -2.48. The molecule has 5 nitrogen and oxygen atoms in total. The number of unbranched alkanes of at least 4 members (excludes halogenated alkanes) is 36. The topological polar surface area (TPSA) is 89.8 Å². The molecule has 348 valence electrons. The second-order valence-electron chi connectivity index (χ2n) is 18.1. The first-order chi connectivity index (χ1) is 29.1. The van der Waals surface area contributed by atoms with Crippen LogP contribution in [0.1, 0.15) is 277 Å². The molecule has 3 unspecified atom stereocenters. The van der Waals surface area contributed by atoms with E-state index in [1.165, 1.54) is 218 Å². The molecule has 5 heteroatoms. The fourth-order valence-corrected chi connectivity index (χ4v) is 8.08. The zero-order chi connectivity index (χ0) is 43.0. The van der Waals surface area contributed by atoms with Crippen molar-refractivity contribution in [2.45, 2.75) is 295 Å². The van der Waals surface area contributed by atoms with Gasteiger partial charge in [0, 0.05) is 0 Å². The smallest absolute Gasteiger partial charge is 0.249 e. The highest BCUT2D eigenvalue weighted by molar-refractivity contribution is 5.80. The Hall–Kier alpha value is -1.43. The number of hydrogen-bond donors (Lipinski definition) is 4. The van der Waals surface area contributed by atoms with Gasteiger partial charge in [-0.1, -0.05) is 256 Å². The van der Waals surface area contributed by atoms with Gasteiger partial charge in [-0.05, 0) is 57.8 Å². The molecule has 0 fully saturated rings. The summed E-state index contributed by atoms with van der Waals surface area (Å²) >= 11 is 0. The van der Waals surface area contributed by atoms with Crippen LogP contribution in [0.4, 0.5) is 0 Å². The number of rotatable bonds is 48. The average Bonchev–Trinajstić information content (AvgIpc) is 3.24. The largest absolute Gasteiger partial charge is 0.394 e. The highest BCUT2D eigenvalue weighted by Crippen LogP contribution is 2.16. The molecule has 0 rings (SSSR count). The third kappa shape index (κ3) is 44.4. The molecular formula is C54H103NO4. The molecule has 0 aromatic carbocycles. The van der Waals surface area contributed by atoms with Gasteiger partial charge < -0.3 is 20.6 Å². The Morgan fingerprint density at radius 2 is 0.695 bits per heavy atom. The van der Waals surface area contributed by atoms with Crippen LogP contribution in [0, 0.1) is 0 Å². The van der Waals surface area contributed by atoms with Crippen LogP contribution in [-0.4, -0.2) is 46.1 Å². The summed E-state index contributed by atoms with van der Waals surface area (Å²) in [7, 11) is 0. The predicted octanol–water partition coefficient (Wildman–Crippen LogP) is 15.9. The highest BCUT2D eigenvalue weighted by atomic mass is 16.3. The molecule has 0 aromatic rings. The molecular weight excluding hydrogens is 727 g/mol. The number of carbonyl (C=O) groups excluding carboxylic acids is 1. The molecule has 0 aromatic heterocycles. The van der Waals surface area contributed by atoms with Crippen molar-refractivity contribution in [2.75, 3.05) is 6.61 Å². The Morgan fingerprint density at radius 1 is 0.407 bits per heavy atom. The summed E-state index contributed by atoms with van der Waals surface area (Å²) in [5.41, 5.74) is 0. The summed E-state index contributed by atoms with van der Waals surface area (Å²) in [6.07, 6.45) is 63.6. The van der Waals surface area contributed by atoms with Crippen molar-refractivity contribution < 1.29 is 20.1 Å². The van der Waals surface area contributed by atoms with Gasteiger partial charge in [0.05, 0.1) is 18.8 Å². The Labute approximate surface area is 368 Å². The first-order valence-electron chi connectivity index (χ1n) is 26.3. The van der Waals surface area contributed by atoms with Crippen molar-refractivity contribution in [1.29, 1.82) is 0 Å². The second-order valence-corrected chi connectivity index (χ2v) is 18.1. The maximum atomic E-state index is 12.5. The summed E-state index contributed by atoms with van der Waals surface area (Å²) in [6.45, 7) is 4.18. The van der Waals surface area contributed by atoms with Gasteiger partial charge in [-0.25, -0.2) is 0 Å². The van der Waals surface area contributed by atoms with Gasteiger partial charge >= 0.3 is 0 Å². The molecule has 4 N–H and O–H groups in total. The molecule has 0 aliphatic carbocycles. The number of carbonyl (C=O) groups is 1. The van der Waals surface area contributed by atoms with Gasteiger partial charge in [-0.15, -0.1) is 0 Å². The van der Waals surface area contributed by atoms with Crippen molar-refractivity contribution in [3.05, 3.63) is 36.5 Å². The SMILES string of the molecule is CCCCCCCCCC/C=C/CC/C=C/C(O)C(CO)NC(=O)C(O)CCCCCCCCCCCCCCCCC/C=C\CCCCCCCCCCCCCC. The summed E-state index contributed by atoms with van der Waals surface area (Å²) in [5, 5.41) is 33.2. The number of hydrogen-bond acceptors (Lipinski definition) is 4. The molecule has 59 heavy (non-hydrogen) atoms. The van der Waals surface area contributed by atoms with Gasteiger partial charge in [-0.3, -0.25) is 4.79 Å². The predicted molar refractivity (Wildman–Crippen MR) is 259 cm³/mol. The first kappa shape index (κ1) is 57.6. The Balaban J connectivity index is 3.54. The van der Waals surface area contributed by atoms with Crippen LogP contribution in [0.15, 0.2) is 36.5 Å². The molecule has 0 saturated carbocycles. The van der Waals surface area contributed by atoms with Gasteiger partial charge in [-0.2, -0.15) is 0 Å². The van der Waals surface area contributed by atoms with Crippen LogP contribution >= 0.6 is 0 Å². The van der Waals surface area contributed by atoms with Crippen LogP contribution in [0.5, 0.6) is 0 Å². The number of amides is 1. The molecule has 0 radical (unpaired) electrons. The third-order valence-corrected chi connectivity index (χ3v) is 12.2. The van der Waals surface area contributed by atoms with Crippen molar-refractivity contribution >= 4 is 5.91 Å². The fourth-order valence-electron chi connectivity index (χ4n) is 8.08. The zero-order valence-electron chi connectivity index (χ0n) is 39.6. The van der Waals surface area contributed by atoms with Gasteiger partial charge in [0.15, 0.2) is 0 Å². The van der Waals surface area contributed by atoms with Gasteiger partial charge in [0.1, 0.15) is 6.10 Å². The minimum atomic E-state index is -1.10. The van der Waals surface area contributed by atoms with Crippen LogP contribution in [-0.2, 0) is 4.79 Å². The summed E-state index contributed by atoms with van der Waals surface area (Å²) < 4.78 is 0. The normalized spacial score (nSPS) is 13.6. The number of allylic oxidation sites excluding steroid dienone is 5. The molecule has 0 aliphatic rings. The number of nitrogens with one attached hydrogen (secondary N) is 1. The Bertz CT molecular complexity index is 916. The third-order valence-electron chi connectivity index (χ3n) is 12.2. The minimum absolute atomic E-state index is 0.375. The highest BCUT2D eigenvalue weighted by Gasteiger charge is 2.22. The molecule has 0 bridgehead atoms. The maximum Gasteiger partial charge on any atom is 0.249 e. The molecule has 3 atom stereocenters. The fraction of sp³-hybridized carbons (Fsp3) is 0.870. The van der Waals surface area contributed by atoms with Crippen LogP contribution < -0.4 is 5.32 Å². The standard InChI is InChI=1S/C54H103NO4/c1-3-5-7-9-11-13-15-17-19-20-21-22-23-24-25-26-27-28-29-30-31-32-33-34-35-37-39-41-43-45-47-49-53(58)54(59)55-51(50-56)52(57)48-46-44-42-40-38-36-18-16-14-12-10-8-6-4-2/h24-25,38,40,46,48,51-53,56-58H,3-23,26-37,39,41-45,47,49-50H2,1-2H3,(H,55,59)/b25-24-,40-38+,48-46+. The van der Waals surface area contributed by atoms with Crippen molar-refractivity contribution in [1.82, 2.24) is 5.32 Å². The van der Waals surface area contributed by atoms with E-state index in [0.29, 0.717) is 6.42 Å². The molecule has 0 aliphatic heterocycles. The van der Waals surface area contributed by atoms with Crippen LogP contribution in [0.2, 0.25) is 0 Å². The first-order valence-corrected chi connectivity index (χ1v) is 26.3. The summed E-state index contributed by atoms with van der Waals surface area (Å²) in [4.78, 5) is 12.5. The van der Waals surface area contributed by atoms with E-state index in [-0.39, 0.29) is 6.61 Å². The molecule has 0 spiro atoms. The van der Waals surface area contributed by atoms with E-state index in [2.05, 4.69) is 43.5 Å². The van der Waals surface area contributed by atoms with Crippen molar-refractivity contribution in [3.8, 4) is 0 Å². The van der Waals surface area contributed by atoms with E-state index < -0.39 is 24.2 Å². The lowest BCUT2D eigenvalue weighted by molar-refractivity contribution is -0.131. The molecule has 1 amide bonds. The van der Waals surface area contributed by atoms with Crippen molar-refractivity contribution in [2.24, 2.45) is 0 Å². The molecule has 0 heterocycles. The Kier molecular flexibility index (Phi) is 48.0. The monoisotopic (exact) mass is 830 g/mol. The Morgan fingerprint density at radius 3 is 1.03 bits per heavy atom. The van der Waals surface area contributed by atoms with Crippen molar-refractivity contribution in [3.63, 3.8) is 0 Å². The van der Waals surface area contributed by atoms with Crippen LogP contribution in [0.25, 0.3) is 0 Å². The van der Waals surface area contributed by atoms with E-state index in [1.54, 1.807) is 6.08 Å². The second kappa shape index (κ2) is 49.2. The summed E-state index contributed by atoms with van der Waals surface area (Å²) in [6, 6.07) is -0.813. The van der Waals surface area contributed by atoms with E-state index in [0.717, 1.165) is 38.5 Å². The van der Waals surface area contributed by atoms with Gasteiger partial charge in [0.25, 0.3) is 0 Å². The maximum absolute atomic E-state index is 12.5.